The quantitative estimate of drug-likeness (QED) is 0.593. The first-order valence-electron chi connectivity index (χ1n) is 5.34. The Bertz CT molecular complexity index is 279. The second kappa shape index (κ2) is 5.79. The lowest BCUT2D eigenvalue weighted by Gasteiger charge is -2.12. The highest BCUT2D eigenvalue weighted by Gasteiger charge is 2.17. The number of nitrogens with one attached hydrogen (secondary N) is 2. The second-order valence-corrected chi connectivity index (χ2v) is 6.06. The van der Waals surface area contributed by atoms with Crippen LogP contribution in [-0.2, 0) is 10.0 Å². The van der Waals surface area contributed by atoms with Crippen molar-refractivity contribution in [3.63, 3.8) is 0 Å². The maximum absolute atomic E-state index is 10.8. The Morgan fingerprint density at radius 3 is 2.67 bits per heavy atom. The molecule has 0 aromatic heterocycles. The van der Waals surface area contributed by atoms with Gasteiger partial charge in [-0.15, -0.1) is 0 Å². The second-order valence-electron chi connectivity index (χ2n) is 4.22. The van der Waals surface area contributed by atoms with Gasteiger partial charge in [-0.3, -0.25) is 0 Å². The van der Waals surface area contributed by atoms with Crippen LogP contribution in [-0.4, -0.2) is 58.8 Å². The molecule has 1 saturated heterocycles. The van der Waals surface area contributed by atoms with E-state index in [1.165, 1.54) is 12.7 Å². The molecular formula is C9H21N3O2S. The molecule has 6 heteroatoms. The topological polar surface area (TPSA) is 61.4 Å². The van der Waals surface area contributed by atoms with Crippen LogP contribution in [0.2, 0.25) is 0 Å². The van der Waals surface area contributed by atoms with E-state index >= 15 is 0 Å². The van der Waals surface area contributed by atoms with E-state index in [0.717, 1.165) is 26.1 Å². The predicted molar refractivity (Wildman–Crippen MR) is 61.4 cm³/mol. The third-order valence-electron chi connectivity index (χ3n) is 2.54. The molecule has 0 saturated carbocycles. The summed E-state index contributed by atoms with van der Waals surface area (Å²) in [6.45, 7) is 3.65. The molecule has 2 N–H and O–H groups in total. The van der Waals surface area contributed by atoms with E-state index in [4.69, 9.17) is 0 Å². The summed E-state index contributed by atoms with van der Waals surface area (Å²) >= 11 is 0. The fraction of sp³-hybridized carbons (Fsp3) is 1.00. The Labute approximate surface area is 92.3 Å². The van der Waals surface area contributed by atoms with Gasteiger partial charge in [-0.2, -0.15) is 0 Å². The van der Waals surface area contributed by atoms with Crippen molar-refractivity contribution in [3.8, 4) is 0 Å². The van der Waals surface area contributed by atoms with Gasteiger partial charge in [-0.25, -0.2) is 13.1 Å². The first-order valence-corrected chi connectivity index (χ1v) is 7.23. The van der Waals surface area contributed by atoms with Crippen molar-refractivity contribution in [2.75, 3.05) is 39.5 Å². The van der Waals surface area contributed by atoms with Crippen LogP contribution in [0.4, 0.5) is 0 Å². The Morgan fingerprint density at radius 2 is 2.13 bits per heavy atom. The maximum Gasteiger partial charge on any atom is 0.208 e. The molecule has 1 heterocycles. The van der Waals surface area contributed by atoms with Crippen LogP contribution in [0.25, 0.3) is 0 Å². The van der Waals surface area contributed by atoms with E-state index in [2.05, 4.69) is 22.0 Å². The highest BCUT2D eigenvalue weighted by molar-refractivity contribution is 7.88. The van der Waals surface area contributed by atoms with Crippen LogP contribution in [0.15, 0.2) is 0 Å². The Hall–Kier alpha value is -0.170. The minimum absolute atomic E-state index is 0.522. The fourth-order valence-corrected chi connectivity index (χ4v) is 2.27. The molecule has 1 fully saturated rings. The summed E-state index contributed by atoms with van der Waals surface area (Å²) in [6.07, 6.45) is 3.22. The Morgan fingerprint density at radius 1 is 1.40 bits per heavy atom. The van der Waals surface area contributed by atoms with Crippen molar-refractivity contribution < 1.29 is 8.42 Å². The van der Waals surface area contributed by atoms with Crippen molar-refractivity contribution in [2.24, 2.45) is 0 Å². The summed E-state index contributed by atoms with van der Waals surface area (Å²) in [5, 5.41) is 3.42. The monoisotopic (exact) mass is 235 g/mol. The molecule has 1 aliphatic rings. The van der Waals surface area contributed by atoms with Crippen LogP contribution in [0, 0.1) is 0 Å². The number of sulfonamides is 1. The van der Waals surface area contributed by atoms with Crippen molar-refractivity contribution in [2.45, 2.75) is 18.9 Å². The van der Waals surface area contributed by atoms with Gasteiger partial charge in [0.15, 0.2) is 0 Å². The molecule has 0 aromatic carbocycles. The van der Waals surface area contributed by atoms with E-state index in [1.54, 1.807) is 0 Å². The summed E-state index contributed by atoms with van der Waals surface area (Å²) in [5.41, 5.74) is 0. The van der Waals surface area contributed by atoms with Crippen molar-refractivity contribution in [3.05, 3.63) is 0 Å². The zero-order chi connectivity index (χ0) is 11.3. The van der Waals surface area contributed by atoms with Gasteiger partial charge >= 0.3 is 0 Å². The van der Waals surface area contributed by atoms with Gasteiger partial charge in [0.25, 0.3) is 0 Å². The Balaban J connectivity index is 1.98. The first kappa shape index (κ1) is 12.9. The molecule has 0 aromatic rings. The van der Waals surface area contributed by atoms with Crippen LogP contribution >= 0.6 is 0 Å². The third kappa shape index (κ3) is 6.09. The lowest BCUT2D eigenvalue weighted by molar-refractivity contribution is 0.397. The van der Waals surface area contributed by atoms with E-state index in [9.17, 15) is 8.42 Å². The summed E-state index contributed by atoms with van der Waals surface area (Å²) in [5.74, 6) is 0. The van der Waals surface area contributed by atoms with Crippen molar-refractivity contribution in [1.29, 1.82) is 0 Å². The van der Waals surface area contributed by atoms with E-state index in [-0.39, 0.29) is 0 Å². The standard InChI is InChI=1S/C9H21N3O2S/c1-12-7-4-9(8-12)10-5-3-6-11-15(2,13)14/h9-11H,3-8H2,1-2H3. The number of likely N-dealkylation sites (N-methyl/N-ethyl adjacent to an activating group) is 1. The molecule has 15 heavy (non-hydrogen) atoms. The largest absolute Gasteiger partial charge is 0.313 e. The summed E-state index contributed by atoms with van der Waals surface area (Å²) in [4.78, 5) is 2.30. The van der Waals surface area contributed by atoms with Crippen LogP contribution in [0.5, 0.6) is 0 Å². The minimum atomic E-state index is -3.02. The van der Waals surface area contributed by atoms with Gasteiger partial charge in [0.05, 0.1) is 6.26 Å². The molecule has 0 bridgehead atoms. The molecule has 1 atom stereocenters. The zero-order valence-electron chi connectivity index (χ0n) is 9.49. The SMILES string of the molecule is CN1CCC(NCCCNS(C)(=O)=O)C1. The number of rotatable bonds is 6. The number of hydrogen-bond donors (Lipinski definition) is 2. The molecule has 5 nitrogen and oxygen atoms in total. The molecule has 1 aliphatic heterocycles. The minimum Gasteiger partial charge on any atom is -0.313 e. The zero-order valence-corrected chi connectivity index (χ0v) is 10.3. The summed E-state index contributed by atoms with van der Waals surface area (Å²) in [6, 6.07) is 0.577. The summed E-state index contributed by atoms with van der Waals surface area (Å²) < 4.78 is 24.0. The van der Waals surface area contributed by atoms with E-state index < -0.39 is 10.0 Å². The summed E-state index contributed by atoms with van der Waals surface area (Å²) in [7, 11) is -0.900. The number of nitrogens with zero attached hydrogens (tertiary/aromatic N) is 1. The van der Waals surface area contributed by atoms with Crippen LogP contribution in [0.3, 0.4) is 0 Å². The van der Waals surface area contributed by atoms with Gasteiger partial charge in [-0.05, 0) is 33.0 Å². The molecule has 0 radical (unpaired) electrons. The average molecular weight is 235 g/mol. The number of hydrogen-bond acceptors (Lipinski definition) is 4. The molecular weight excluding hydrogens is 214 g/mol. The van der Waals surface area contributed by atoms with Gasteiger partial charge in [0, 0.05) is 19.1 Å². The highest BCUT2D eigenvalue weighted by Crippen LogP contribution is 2.05. The Kier molecular flexibility index (Phi) is 4.98. The third-order valence-corrected chi connectivity index (χ3v) is 3.27. The van der Waals surface area contributed by atoms with Gasteiger partial charge in [0.1, 0.15) is 0 Å². The lowest BCUT2D eigenvalue weighted by Crippen LogP contribution is -2.34. The van der Waals surface area contributed by atoms with Crippen molar-refractivity contribution in [1.82, 2.24) is 14.9 Å². The molecule has 0 amide bonds. The predicted octanol–water partition coefficient (Wildman–Crippen LogP) is -0.781. The maximum atomic E-state index is 10.8. The van der Waals surface area contributed by atoms with Gasteiger partial charge in [-0.1, -0.05) is 0 Å². The van der Waals surface area contributed by atoms with Crippen LogP contribution < -0.4 is 10.0 Å². The number of likely N-dealkylation sites (tertiary alicyclic amines) is 1. The van der Waals surface area contributed by atoms with Crippen LogP contribution in [0.1, 0.15) is 12.8 Å². The normalized spacial score (nSPS) is 23.5. The van der Waals surface area contributed by atoms with Gasteiger partial charge < -0.3 is 10.2 Å². The molecule has 0 spiro atoms. The van der Waals surface area contributed by atoms with E-state index in [1.807, 2.05) is 0 Å². The van der Waals surface area contributed by atoms with Gasteiger partial charge in [0.2, 0.25) is 10.0 Å². The fourth-order valence-electron chi connectivity index (χ4n) is 1.75. The highest BCUT2D eigenvalue weighted by atomic mass is 32.2. The first-order chi connectivity index (χ1) is 6.97. The van der Waals surface area contributed by atoms with Crippen molar-refractivity contribution >= 4 is 10.0 Å². The smallest absolute Gasteiger partial charge is 0.208 e. The lowest BCUT2D eigenvalue weighted by atomic mass is 10.2. The molecule has 90 valence electrons. The molecule has 1 unspecified atom stereocenters. The molecule has 0 aliphatic carbocycles. The average Bonchev–Trinajstić information content (AvgIpc) is 2.49. The van der Waals surface area contributed by atoms with E-state index in [0.29, 0.717) is 12.6 Å². The molecule has 1 rings (SSSR count).